The molecule has 1 aliphatic rings. The molecule has 5 nitrogen and oxygen atoms in total. The van der Waals surface area contributed by atoms with Crippen LogP contribution in [-0.4, -0.2) is 24.3 Å². The maximum absolute atomic E-state index is 13.1. The van der Waals surface area contributed by atoms with Crippen molar-refractivity contribution in [2.24, 2.45) is 0 Å². The lowest BCUT2D eigenvalue weighted by Crippen LogP contribution is -2.44. The summed E-state index contributed by atoms with van der Waals surface area (Å²) in [6, 6.07) is 28.2. The van der Waals surface area contributed by atoms with Crippen LogP contribution in [0, 0.1) is 0 Å². The van der Waals surface area contributed by atoms with Gasteiger partial charge < -0.3 is 14.2 Å². The Kier molecular flexibility index (Phi) is 6.13. The largest absolute Gasteiger partial charge is 0.460 e. The van der Waals surface area contributed by atoms with Crippen LogP contribution in [0.25, 0.3) is 6.08 Å². The number of hydrogen-bond acceptors (Lipinski definition) is 5. The van der Waals surface area contributed by atoms with Crippen LogP contribution in [0.1, 0.15) is 16.7 Å². The van der Waals surface area contributed by atoms with Gasteiger partial charge in [-0.1, -0.05) is 91.0 Å². The molecule has 1 heterocycles. The fraction of sp³-hybridized carbons (Fsp3) is 0.154. The van der Waals surface area contributed by atoms with E-state index >= 15 is 0 Å². The highest BCUT2D eigenvalue weighted by atomic mass is 16.8. The minimum atomic E-state index is -1.85. The highest BCUT2D eigenvalue weighted by Gasteiger charge is 2.54. The highest BCUT2D eigenvalue weighted by Crippen LogP contribution is 2.33. The van der Waals surface area contributed by atoms with Crippen LogP contribution >= 0.6 is 0 Å². The van der Waals surface area contributed by atoms with E-state index in [4.69, 9.17) is 14.2 Å². The van der Waals surface area contributed by atoms with Crippen LogP contribution in [0.15, 0.2) is 96.8 Å². The molecule has 0 amide bonds. The molecule has 0 bridgehead atoms. The van der Waals surface area contributed by atoms with Crippen molar-refractivity contribution < 1.29 is 23.8 Å². The topological polar surface area (TPSA) is 61.8 Å². The highest BCUT2D eigenvalue weighted by molar-refractivity contribution is 5.97. The third kappa shape index (κ3) is 5.01. The molecule has 4 rings (SSSR count). The smallest absolute Gasteiger partial charge is 0.393 e. The average Bonchev–Trinajstić information content (AvgIpc) is 3.11. The monoisotopic (exact) mass is 414 g/mol. The summed E-state index contributed by atoms with van der Waals surface area (Å²) in [6.07, 6.45) is 2.16. The number of benzene rings is 3. The van der Waals surface area contributed by atoms with Crippen LogP contribution in [0.4, 0.5) is 0 Å². The van der Waals surface area contributed by atoms with Gasteiger partial charge in [-0.2, -0.15) is 0 Å². The molecule has 1 atom stereocenters. The molecule has 1 saturated heterocycles. The average molecular weight is 414 g/mol. The maximum Gasteiger partial charge on any atom is 0.393 e. The lowest BCUT2D eigenvalue weighted by atomic mass is 10.1. The first-order chi connectivity index (χ1) is 15.1. The second-order valence-corrected chi connectivity index (χ2v) is 7.20. The summed E-state index contributed by atoms with van der Waals surface area (Å²) in [6.45, 7) is 0.151. The van der Waals surface area contributed by atoms with E-state index in [0.29, 0.717) is 6.42 Å². The number of cyclic esters (lactones) is 1. The van der Waals surface area contributed by atoms with Gasteiger partial charge in [0.05, 0.1) is 13.0 Å². The predicted molar refractivity (Wildman–Crippen MR) is 116 cm³/mol. The molecule has 0 spiro atoms. The van der Waals surface area contributed by atoms with Crippen LogP contribution < -0.4 is 0 Å². The van der Waals surface area contributed by atoms with E-state index in [1.165, 1.54) is 0 Å². The molecule has 0 radical (unpaired) electrons. The van der Waals surface area contributed by atoms with Gasteiger partial charge in [0.15, 0.2) is 0 Å². The molecular weight excluding hydrogens is 392 g/mol. The molecule has 0 saturated carbocycles. The minimum Gasteiger partial charge on any atom is -0.460 e. The van der Waals surface area contributed by atoms with E-state index in [2.05, 4.69) is 0 Å². The number of hydrogen-bond donors (Lipinski definition) is 0. The molecule has 31 heavy (non-hydrogen) atoms. The summed E-state index contributed by atoms with van der Waals surface area (Å²) < 4.78 is 16.8. The Morgan fingerprint density at radius 1 is 0.806 bits per heavy atom. The lowest BCUT2D eigenvalue weighted by molar-refractivity contribution is -0.205. The van der Waals surface area contributed by atoms with Crippen LogP contribution in [-0.2, 0) is 36.6 Å². The first-order valence-corrected chi connectivity index (χ1v) is 10.1. The molecule has 3 aromatic rings. The number of carbonyl (C=O) groups excluding carboxylic acids is 2. The van der Waals surface area contributed by atoms with Crippen molar-refractivity contribution in [3.8, 4) is 0 Å². The molecule has 0 aromatic heterocycles. The Balaban J connectivity index is 1.54. The van der Waals surface area contributed by atoms with Gasteiger partial charge >= 0.3 is 17.7 Å². The molecular formula is C26H22O5. The second kappa shape index (κ2) is 9.30. The molecule has 3 aromatic carbocycles. The number of ether oxygens (including phenoxy) is 3. The summed E-state index contributed by atoms with van der Waals surface area (Å²) in [5.74, 6) is -3.30. The number of rotatable bonds is 7. The van der Waals surface area contributed by atoms with E-state index in [0.717, 1.165) is 16.7 Å². The van der Waals surface area contributed by atoms with Crippen molar-refractivity contribution in [3.63, 3.8) is 0 Å². The third-order valence-corrected chi connectivity index (χ3v) is 4.89. The first-order valence-electron chi connectivity index (χ1n) is 10.1. The molecule has 0 unspecified atom stereocenters. The van der Waals surface area contributed by atoms with Crippen LogP contribution in [0.5, 0.6) is 0 Å². The molecule has 1 fully saturated rings. The van der Waals surface area contributed by atoms with Gasteiger partial charge in [-0.25, -0.2) is 9.59 Å². The van der Waals surface area contributed by atoms with Crippen molar-refractivity contribution in [1.29, 1.82) is 0 Å². The molecule has 5 heteroatoms. The Morgan fingerprint density at radius 3 is 2.03 bits per heavy atom. The van der Waals surface area contributed by atoms with Crippen molar-refractivity contribution >= 4 is 18.0 Å². The van der Waals surface area contributed by atoms with E-state index in [1.807, 2.05) is 91.0 Å². The Hall–Kier alpha value is -3.86. The van der Waals surface area contributed by atoms with Gasteiger partial charge in [-0.3, -0.25) is 0 Å². The Bertz CT molecular complexity index is 1060. The number of carbonyl (C=O) groups is 2. The number of esters is 2. The summed E-state index contributed by atoms with van der Waals surface area (Å²) in [4.78, 5) is 25.6. The predicted octanol–water partition coefficient (Wildman–Crippen LogP) is 4.33. The zero-order valence-electron chi connectivity index (χ0n) is 16.9. The lowest BCUT2D eigenvalue weighted by Gasteiger charge is -2.24. The van der Waals surface area contributed by atoms with Crippen LogP contribution in [0.3, 0.4) is 0 Å². The Labute approximate surface area is 180 Å². The van der Waals surface area contributed by atoms with Crippen molar-refractivity contribution in [3.05, 3.63) is 113 Å². The fourth-order valence-electron chi connectivity index (χ4n) is 3.34. The summed E-state index contributed by atoms with van der Waals surface area (Å²) in [5, 5.41) is 0. The quantitative estimate of drug-likeness (QED) is 0.426. The summed E-state index contributed by atoms with van der Waals surface area (Å²) >= 11 is 0. The Morgan fingerprint density at radius 2 is 1.39 bits per heavy atom. The van der Waals surface area contributed by atoms with E-state index in [-0.39, 0.29) is 18.8 Å². The van der Waals surface area contributed by atoms with E-state index < -0.39 is 17.7 Å². The molecule has 0 aliphatic carbocycles. The normalized spacial score (nSPS) is 19.0. The maximum atomic E-state index is 13.1. The standard InChI is InChI=1S/C26H22O5/c27-24-23(18-21-12-6-2-7-13-21)30-26(31-24,19-22-14-8-3-9-15-22)25(28)29-17-16-20-10-4-1-5-11-20/h1-15,18H,16-17,19H2/b23-18-/t26-/m0/s1. The van der Waals surface area contributed by atoms with Gasteiger partial charge in [0, 0.05) is 6.42 Å². The van der Waals surface area contributed by atoms with Gasteiger partial charge in [-0.05, 0) is 22.8 Å². The van der Waals surface area contributed by atoms with Gasteiger partial charge in [0.1, 0.15) is 0 Å². The minimum absolute atomic E-state index is 0.0258. The first kappa shape index (κ1) is 20.4. The molecule has 0 N–H and O–H groups in total. The van der Waals surface area contributed by atoms with Gasteiger partial charge in [-0.15, -0.1) is 0 Å². The van der Waals surface area contributed by atoms with Crippen molar-refractivity contribution in [2.45, 2.75) is 18.6 Å². The SMILES string of the molecule is O=C1O[C@@](Cc2ccccc2)(C(=O)OCCc2ccccc2)O/C1=C\c1ccccc1. The zero-order valence-corrected chi connectivity index (χ0v) is 16.9. The van der Waals surface area contributed by atoms with E-state index in [9.17, 15) is 9.59 Å². The third-order valence-electron chi connectivity index (χ3n) is 4.89. The van der Waals surface area contributed by atoms with Crippen molar-refractivity contribution in [1.82, 2.24) is 0 Å². The molecule has 156 valence electrons. The molecule has 1 aliphatic heterocycles. The summed E-state index contributed by atoms with van der Waals surface area (Å²) in [7, 11) is 0. The fourth-order valence-corrected chi connectivity index (χ4v) is 3.34. The van der Waals surface area contributed by atoms with Crippen molar-refractivity contribution in [2.75, 3.05) is 6.61 Å². The van der Waals surface area contributed by atoms with E-state index in [1.54, 1.807) is 6.08 Å². The van der Waals surface area contributed by atoms with Crippen LogP contribution in [0.2, 0.25) is 0 Å². The van der Waals surface area contributed by atoms with Gasteiger partial charge in [0.2, 0.25) is 5.76 Å². The van der Waals surface area contributed by atoms with Gasteiger partial charge in [0.25, 0.3) is 0 Å². The zero-order chi connectivity index (χ0) is 21.5. The summed E-state index contributed by atoms with van der Waals surface area (Å²) in [5.41, 5.74) is 2.60. The second-order valence-electron chi connectivity index (χ2n) is 7.20.